The molecule has 3 aliphatic rings. The molecule has 13 heteroatoms. The number of pyridine rings is 1. The van der Waals surface area contributed by atoms with E-state index in [2.05, 4.69) is 20.5 Å². The van der Waals surface area contributed by atoms with Gasteiger partial charge in [0.1, 0.15) is 29.0 Å². The average Bonchev–Trinajstić information content (AvgIpc) is 3.51. The number of nitrogens with one attached hydrogen (secondary N) is 2. The predicted octanol–water partition coefficient (Wildman–Crippen LogP) is 7.55. The molecule has 8 rings (SSSR count). The zero-order valence-electron chi connectivity index (χ0n) is 27.8. The summed E-state index contributed by atoms with van der Waals surface area (Å²) < 4.78 is 48.6. The van der Waals surface area contributed by atoms with E-state index in [-0.39, 0.29) is 28.7 Å². The number of nitrogens with zero attached hydrogens (tertiary/aromatic N) is 3. The smallest absolute Gasteiger partial charge is 0.265 e. The molecule has 9 nitrogen and oxygen atoms in total. The Bertz CT molecular complexity index is 2190. The molecule has 0 saturated carbocycles. The quantitative estimate of drug-likeness (QED) is 0.188. The monoisotopic (exact) mass is 723 g/mol. The van der Waals surface area contributed by atoms with Crippen molar-refractivity contribution in [3.8, 4) is 10.4 Å². The third-order valence-corrected chi connectivity index (χ3v) is 11.1. The van der Waals surface area contributed by atoms with Crippen LogP contribution in [0.5, 0.6) is 0 Å². The standard InChI is InChI=1S/C39H32F3N5O4S/c40-25-8-11-27-31(20-25)47(16-12-24-19-32(52-34(24)27)37(49)45-33-29(41)4-1-5-30(33)42)38(50)23-6-9-26(10-7-23)44-36(48)28-3-2-15-43-35(28)46-21-39(22-46)13-17-51-18-14-39/h1-11,15,19-20H,12-14,16-18,21-22H2,(H,44,48)(H,45,49). The van der Waals surface area contributed by atoms with Crippen LogP contribution in [0.4, 0.5) is 36.1 Å². The molecule has 0 atom stereocenters. The molecule has 2 N–H and O–H groups in total. The lowest BCUT2D eigenvalue weighted by atomic mass is 9.73. The summed E-state index contributed by atoms with van der Waals surface area (Å²) in [6.45, 7) is 3.34. The van der Waals surface area contributed by atoms with Gasteiger partial charge in [0.15, 0.2) is 0 Å². The first-order valence-corrected chi connectivity index (χ1v) is 17.7. The van der Waals surface area contributed by atoms with Gasteiger partial charge in [-0.3, -0.25) is 14.4 Å². The second kappa shape index (κ2) is 13.5. The van der Waals surface area contributed by atoms with Gasteiger partial charge >= 0.3 is 0 Å². The molecular formula is C39H32F3N5O4S. The number of halogens is 3. The molecular weight excluding hydrogens is 692 g/mol. The van der Waals surface area contributed by atoms with E-state index >= 15 is 0 Å². The van der Waals surface area contributed by atoms with Crippen LogP contribution in [0.15, 0.2) is 85.1 Å². The fourth-order valence-electron chi connectivity index (χ4n) is 7.14. The Labute approximate surface area is 301 Å². The number of rotatable bonds is 6. The first-order valence-electron chi connectivity index (χ1n) is 16.9. The summed E-state index contributed by atoms with van der Waals surface area (Å²) in [7, 11) is 0. The van der Waals surface area contributed by atoms with Crippen molar-refractivity contribution >= 4 is 51.9 Å². The number of hydrogen-bond acceptors (Lipinski definition) is 7. The van der Waals surface area contributed by atoms with Crippen molar-refractivity contribution in [2.75, 3.05) is 53.3 Å². The first-order chi connectivity index (χ1) is 25.2. The molecule has 1 spiro atoms. The molecule has 3 aliphatic heterocycles. The maximum Gasteiger partial charge on any atom is 0.265 e. The predicted molar refractivity (Wildman–Crippen MR) is 193 cm³/mol. The molecule has 0 aliphatic carbocycles. The number of aromatic nitrogens is 1. The van der Waals surface area contributed by atoms with Crippen LogP contribution in [0, 0.1) is 22.9 Å². The number of ether oxygens (including phenoxy) is 1. The summed E-state index contributed by atoms with van der Waals surface area (Å²) in [5, 5.41) is 5.24. The van der Waals surface area contributed by atoms with E-state index < -0.39 is 29.0 Å². The van der Waals surface area contributed by atoms with Crippen LogP contribution in [-0.2, 0) is 11.2 Å². The number of carbonyl (C=O) groups is 3. The summed E-state index contributed by atoms with van der Waals surface area (Å²) in [6.07, 6.45) is 4.01. The molecule has 0 bridgehead atoms. The summed E-state index contributed by atoms with van der Waals surface area (Å²) in [5.74, 6) is -3.08. The molecule has 2 aromatic heterocycles. The Morgan fingerprint density at radius 3 is 2.35 bits per heavy atom. The van der Waals surface area contributed by atoms with E-state index in [1.807, 2.05) is 0 Å². The molecule has 0 unspecified atom stereocenters. The summed E-state index contributed by atoms with van der Waals surface area (Å²) >= 11 is 1.09. The molecule has 5 heterocycles. The number of amides is 3. The van der Waals surface area contributed by atoms with Crippen LogP contribution in [0.2, 0.25) is 0 Å². The van der Waals surface area contributed by atoms with Crippen LogP contribution in [0.3, 0.4) is 0 Å². The van der Waals surface area contributed by atoms with Gasteiger partial charge in [0.05, 0.1) is 16.1 Å². The lowest BCUT2D eigenvalue weighted by Crippen LogP contribution is -2.59. The number of benzene rings is 3. The van der Waals surface area contributed by atoms with Crippen LogP contribution >= 0.6 is 11.3 Å². The number of fused-ring (bicyclic) bond motifs is 3. The van der Waals surface area contributed by atoms with Crippen molar-refractivity contribution in [1.82, 2.24) is 4.98 Å². The highest BCUT2D eigenvalue weighted by Crippen LogP contribution is 2.44. The van der Waals surface area contributed by atoms with Crippen LogP contribution in [0.25, 0.3) is 10.4 Å². The van der Waals surface area contributed by atoms with Gasteiger partial charge in [-0.05, 0) is 97.6 Å². The van der Waals surface area contributed by atoms with Crippen molar-refractivity contribution in [2.45, 2.75) is 19.3 Å². The highest BCUT2D eigenvalue weighted by atomic mass is 32.1. The van der Waals surface area contributed by atoms with Crippen LogP contribution in [0.1, 0.15) is 48.8 Å². The van der Waals surface area contributed by atoms with Gasteiger partial charge in [0.2, 0.25) is 0 Å². The van der Waals surface area contributed by atoms with Gasteiger partial charge in [-0.25, -0.2) is 18.2 Å². The number of carbonyl (C=O) groups excluding carboxylic acids is 3. The largest absolute Gasteiger partial charge is 0.381 e. The Balaban J connectivity index is 0.984. The van der Waals surface area contributed by atoms with E-state index in [1.165, 1.54) is 23.1 Å². The Morgan fingerprint density at radius 2 is 1.60 bits per heavy atom. The zero-order chi connectivity index (χ0) is 36.0. The first kappa shape index (κ1) is 33.6. The number of hydrogen-bond donors (Lipinski definition) is 2. The van der Waals surface area contributed by atoms with E-state index in [1.54, 1.807) is 54.7 Å². The maximum absolute atomic E-state index is 14.7. The average molecular weight is 724 g/mol. The lowest BCUT2D eigenvalue weighted by Gasteiger charge is -2.53. The summed E-state index contributed by atoms with van der Waals surface area (Å²) in [6, 6.07) is 19.0. The van der Waals surface area contributed by atoms with Crippen molar-refractivity contribution in [1.29, 1.82) is 0 Å². The van der Waals surface area contributed by atoms with Crippen LogP contribution in [-0.4, -0.2) is 55.6 Å². The van der Waals surface area contributed by atoms with E-state index in [9.17, 15) is 27.6 Å². The van der Waals surface area contributed by atoms with Crippen molar-refractivity contribution in [3.63, 3.8) is 0 Å². The van der Waals surface area contributed by atoms with Crippen molar-refractivity contribution in [2.24, 2.45) is 5.41 Å². The molecule has 2 fully saturated rings. The maximum atomic E-state index is 14.7. The van der Waals surface area contributed by atoms with Crippen LogP contribution < -0.4 is 20.4 Å². The number of para-hydroxylation sites is 1. The molecule has 52 heavy (non-hydrogen) atoms. The van der Waals surface area contributed by atoms with Gasteiger partial charge in [-0.15, -0.1) is 11.3 Å². The minimum Gasteiger partial charge on any atom is -0.381 e. The molecule has 2 saturated heterocycles. The summed E-state index contributed by atoms with van der Waals surface area (Å²) in [5.41, 5.74) is 2.56. The Morgan fingerprint density at radius 1 is 0.846 bits per heavy atom. The van der Waals surface area contributed by atoms with E-state index in [4.69, 9.17) is 4.74 Å². The normalized spacial score (nSPS) is 16.0. The molecule has 3 amide bonds. The molecule has 0 radical (unpaired) electrons. The van der Waals surface area contributed by atoms with E-state index in [0.717, 1.165) is 68.2 Å². The van der Waals surface area contributed by atoms with Crippen molar-refractivity contribution < 1.29 is 32.3 Å². The van der Waals surface area contributed by atoms with E-state index in [0.29, 0.717) is 45.2 Å². The zero-order valence-corrected chi connectivity index (χ0v) is 28.6. The fourth-order valence-corrected chi connectivity index (χ4v) is 8.28. The Hall–Kier alpha value is -5.53. The van der Waals surface area contributed by atoms with Gasteiger partial charge in [-0.2, -0.15) is 0 Å². The van der Waals surface area contributed by atoms with Crippen molar-refractivity contribution in [3.05, 3.63) is 124 Å². The SMILES string of the molecule is O=C(Nc1c(F)cccc1F)c1cc2c(s1)-c1ccc(F)cc1N(C(=O)c1ccc(NC(=O)c3cccnc3N3CC4(CCOCC4)C3)cc1)CC2. The van der Waals surface area contributed by atoms with Gasteiger partial charge in [0, 0.05) is 66.2 Å². The second-order valence-electron chi connectivity index (χ2n) is 13.3. The lowest BCUT2D eigenvalue weighted by molar-refractivity contribution is -0.000510. The highest BCUT2D eigenvalue weighted by Gasteiger charge is 2.45. The van der Waals surface area contributed by atoms with Gasteiger partial charge in [0.25, 0.3) is 17.7 Å². The molecule has 3 aromatic carbocycles. The third kappa shape index (κ3) is 6.30. The van der Waals surface area contributed by atoms with Gasteiger partial charge < -0.3 is 25.2 Å². The van der Waals surface area contributed by atoms with Gasteiger partial charge in [-0.1, -0.05) is 6.07 Å². The molecule has 5 aromatic rings. The third-order valence-electron chi connectivity index (χ3n) is 9.91. The Kier molecular flexibility index (Phi) is 8.76. The fraction of sp³-hybridized carbons (Fsp3) is 0.231. The number of anilines is 4. The number of thiophene rings is 1. The topological polar surface area (TPSA) is 104 Å². The second-order valence-corrected chi connectivity index (χ2v) is 14.3. The summed E-state index contributed by atoms with van der Waals surface area (Å²) in [4.78, 5) is 49.4. The minimum atomic E-state index is -0.898. The highest BCUT2D eigenvalue weighted by molar-refractivity contribution is 7.17. The minimum absolute atomic E-state index is 0.176. The molecule has 264 valence electrons.